The van der Waals surface area contributed by atoms with Crippen molar-refractivity contribution in [2.75, 3.05) is 46.8 Å². The molecule has 2 aliphatic heterocycles. The van der Waals surface area contributed by atoms with Gasteiger partial charge in [0, 0.05) is 31.7 Å². The van der Waals surface area contributed by atoms with Gasteiger partial charge in [-0.3, -0.25) is 14.4 Å². The summed E-state index contributed by atoms with van der Waals surface area (Å²) >= 11 is 0. The molecule has 1 spiro atoms. The maximum atomic E-state index is 13.5. The van der Waals surface area contributed by atoms with E-state index in [0.29, 0.717) is 5.92 Å². The summed E-state index contributed by atoms with van der Waals surface area (Å²) in [5.74, 6) is 0.704. The second-order valence-corrected chi connectivity index (χ2v) is 8.96. The summed E-state index contributed by atoms with van der Waals surface area (Å²) < 4.78 is 1.90. The van der Waals surface area contributed by atoms with Gasteiger partial charge >= 0.3 is 0 Å². The predicted octanol–water partition coefficient (Wildman–Crippen LogP) is 2.34. The maximum absolute atomic E-state index is 13.5. The molecule has 2 fully saturated rings. The number of hydrogen-bond donors (Lipinski definition) is 0. The molecule has 1 aromatic rings. The zero-order chi connectivity index (χ0) is 19.6. The van der Waals surface area contributed by atoms with E-state index in [1.165, 1.54) is 0 Å². The Morgan fingerprint density at radius 2 is 1.89 bits per heavy atom. The van der Waals surface area contributed by atoms with Crippen LogP contribution in [0, 0.1) is 5.92 Å². The van der Waals surface area contributed by atoms with Crippen LogP contribution >= 0.6 is 0 Å². The van der Waals surface area contributed by atoms with Crippen molar-refractivity contribution in [2.45, 2.75) is 58.5 Å². The molecule has 0 bridgehead atoms. The van der Waals surface area contributed by atoms with Gasteiger partial charge in [0.2, 0.25) is 0 Å². The SMILES string of the molecule is CCn1nc(CC(C)C)cc1C(=O)N1CCCN(C)C2(CCN(C)CC2)C1. The Hall–Kier alpha value is -1.40. The molecule has 2 aliphatic rings. The van der Waals surface area contributed by atoms with Crippen LogP contribution < -0.4 is 0 Å². The highest BCUT2D eigenvalue weighted by molar-refractivity contribution is 5.92. The van der Waals surface area contributed by atoms with Crippen molar-refractivity contribution >= 4 is 5.91 Å². The van der Waals surface area contributed by atoms with Gasteiger partial charge in [0.25, 0.3) is 5.91 Å². The van der Waals surface area contributed by atoms with Crippen molar-refractivity contribution in [3.05, 3.63) is 17.5 Å². The molecule has 0 saturated carbocycles. The first-order valence-corrected chi connectivity index (χ1v) is 10.6. The Kier molecular flexibility index (Phi) is 6.26. The fourth-order valence-corrected chi connectivity index (χ4v) is 4.60. The van der Waals surface area contributed by atoms with Gasteiger partial charge in [0.05, 0.1) is 5.69 Å². The highest BCUT2D eigenvalue weighted by Gasteiger charge is 2.41. The largest absolute Gasteiger partial charge is 0.335 e. The first-order valence-electron chi connectivity index (χ1n) is 10.6. The number of likely N-dealkylation sites (N-methyl/N-ethyl adjacent to an activating group) is 1. The second-order valence-electron chi connectivity index (χ2n) is 8.96. The molecule has 0 N–H and O–H groups in total. The van der Waals surface area contributed by atoms with Crippen LogP contribution in [0.5, 0.6) is 0 Å². The summed E-state index contributed by atoms with van der Waals surface area (Å²) in [6.45, 7) is 12.2. The molecule has 6 heteroatoms. The summed E-state index contributed by atoms with van der Waals surface area (Å²) in [6.07, 6.45) is 4.23. The van der Waals surface area contributed by atoms with Crippen LogP contribution in [0.4, 0.5) is 0 Å². The molecule has 27 heavy (non-hydrogen) atoms. The molecule has 1 aromatic heterocycles. The Labute approximate surface area is 164 Å². The number of carbonyl (C=O) groups is 1. The fraction of sp³-hybridized carbons (Fsp3) is 0.810. The topological polar surface area (TPSA) is 44.6 Å². The second kappa shape index (κ2) is 8.31. The Morgan fingerprint density at radius 1 is 1.19 bits per heavy atom. The van der Waals surface area contributed by atoms with Crippen molar-refractivity contribution in [3.8, 4) is 0 Å². The van der Waals surface area contributed by atoms with E-state index in [-0.39, 0.29) is 11.4 Å². The number of amides is 1. The number of nitrogens with zero attached hydrogens (tertiary/aromatic N) is 5. The molecular formula is C21H37N5O. The first-order chi connectivity index (χ1) is 12.8. The van der Waals surface area contributed by atoms with E-state index in [1.807, 2.05) is 10.7 Å². The van der Waals surface area contributed by atoms with E-state index in [9.17, 15) is 4.79 Å². The van der Waals surface area contributed by atoms with E-state index in [2.05, 4.69) is 54.7 Å². The minimum atomic E-state index is 0.122. The Balaban J connectivity index is 1.82. The number of carbonyl (C=O) groups excluding carboxylic acids is 1. The fourth-order valence-electron chi connectivity index (χ4n) is 4.60. The lowest BCUT2D eigenvalue weighted by Gasteiger charge is -2.47. The number of hydrogen-bond acceptors (Lipinski definition) is 4. The van der Waals surface area contributed by atoms with Gasteiger partial charge in [0.15, 0.2) is 0 Å². The molecule has 0 unspecified atom stereocenters. The molecule has 2 saturated heterocycles. The summed E-state index contributed by atoms with van der Waals surface area (Å²) in [5.41, 5.74) is 1.92. The number of likely N-dealkylation sites (tertiary alicyclic amines) is 1. The van der Waals surface area contributed by atoms with E-state index in [1.54, 1.807) is 0 Å². The summed E-state index contributed by atoms with van der Waals surface area (Å²) in [7, 11) is 4.44. The molecule has 0 atom stereocenters. The van der Waals surface area contributed by atoms with Crippen molar-refractivity contribution in [3.63, 3.8) is 0 Å². The minimum absolute atomic E-state index is 0.122. The first kappa shape index (κ1) is 20.3. The standard InChI is InChI=1S/C21H37N5O/c1-6-26-19(15-18(22-26)14-17(2)3)20(27)25-11-7-10-24(5)21(16-25)8-12-23(4)13-9-21/h15,17H,6-14,16H2,1-5H3. The molecule has 1 amide bonds. The lowest BCUT2D eigenvalue weighted by Crippen LogP contribution is -2.58. The normalized spacial score (nSPS) is 21.8. The van der Waals surface area contributed by atoms with Crippen molar-refractivity contribution in [1.29, 1.82) is 0 Å². The molecule has 6 nitrogen and oxygen atoms in total. The number of rotatable bonds is 4. The van der Waals surface area contributed by atoms with Crippen LogP contribution in [0.25, 0.3) is 0 Å². The van der Waals surface area contributed by atoms with E-state index in [4.69, 9.17) is 0 Å². The van der Waals surface area contributed by atoms with Gasteiger partial charge in [-0.1, -0.05) is 13.8 Å². The van der Waals surface area contributed by atoms with Gasteiger partial charge in [-0.25, -0.2) is 0 Å². The Bertz CT molecular complexity index is 645. The number of piperidine rings is 1. The maximum Gasteiger partial charge on any atom is 0.272 e. The van der Waals surface area contributed by atoms with Crippen LogP contribution in [0.2, 0.25) is 0 Å². The van der Waals surface area contributed by atoms with Gasteiger partial charge in [-0.05, 0) is 71.8 Å². The lowest BCUT2D eigenvalue weighted by molar-refractivity contribution is 0.0312. The van der Waals surface area contributed by atoms with Crippen molar-refractivity contribution in [2.24, 2.45) is 5.92 Å². The van der Waals surface area contributed by atoms with Gasteiger partial charge < -0.3 is 9.80 Å². The molecular weight excluding hydrogens is 338 g/mol. The molecule has 0 aromatic carbocycles. The highest BCUT2D eigenvalue weighted by Crippen LogP contribution is 2.31. The average molecular weight is 376 g/mol. The monoisotopic (exact) mass is 375 g/mol. The lowest BCUT2D eigenvalue weighted by atomic mass is 9.85. The minimum Gasteiger partial charge on any atom is -0.335 e. The molecule has 3 heterocycles. The van der Waals surface area contributed by atoms with Crippen LogP contribution in [0.3, 0.4) is 0 Å². The van der Waals surface area contributed by atoms with Crippen molar-refractivity contribution in [1.82, 2.24) is 24.5 Å². The van der Waals surface area contributed by atoms with E-state index < -0.39 is 0 Å². The van der Waals surface area contributed by atoms with E-state index >= 15 is 0 Å². The zero-order valence-electron chi connectivity index (χ0n) is 17.9. The molecule has 3 rings (SSSR count). The van der Waals surface area contributed by atoms with Crippen LogP contribution in [-0.4, -0.2) is 82.7 Å². The van der Waals surface area contributed by atoms with Crippen LogP contribution in [-0.2, 0) is 13.0 Å². The third-order valence-corrected chi connectivity index (χ3v) is 6.39. The summed E-state index contributed by atoms with van der Waals surface area (Å²) in [5, 5.41) is 4.69. The third kappa shape index (κ3) is 4.37. The molecule has 0 radical (unpaired) electrons. The molecule has 152 valence electrons. The Morgan fingerprint density at radius 3 is 2.52 bits per heavy atom. The van der Waals surface area contributed by atoms with Gasteiger partial charge in [-0.15, -0.1) is 0 Å². The van der Waals surface area contributed by atoms with Crippen LogP contribution in [0.1, 0.15) is 56.2 Å². The smallest absolute Gasteiger partial charge is 0.272 e. The van der Waals surface area contributed by atoms with Crippen molar-refractivity contribution < 1.29 is 4.79 Å². The van der Waals surface area contributed by atoms with Gasteiger partial charge in [0.1, 0.15) is 5.69 Å². The number of aryl methyl sites for hydroxylation is 1. The highest BCUT2D eigenvalue weighted by atomic mass is 16.2. The quantitative estimate of drug-likeness (QED) is 0.810. The summed E-state index contributed by atoms with van der Waals surface area (Å²) in [4.78, 5) is 20.5. The van der Waals surface area contributed by atoms with Gasteiger partial charge in [-0.2, -0.15) is 5.10 Å². The van der Waals surface area contributed by atoms with Crippen LogP contribution in [0.15, 0.2) is 6.07 Å². The zero-order valence-corrected chi connectivity index (χ0v) is 17.9. The average Bonchev–Trinajstić information content (AvgIpc) is 2.96. The third-order valence-electron chi connectivity index (χ3n) is 6.39. The summed E-state index contributed by atoms with van der Waals surface area (Å²) in [6, 6.07) is 2.03. The predicted molar refractivity (Wildman–Crippen MR) is 109 cm³/mol. The number of aromatic nitrogens is 2. The van der Waals surface area contributed by atoms with E-state index in [0.717, 1.165) is 76.3 Å². The molecule has 0 aliphatic carbocycles.